The molecule has 0 saturated carbocycles. The van der Waals surface area contributed by atoms with Gasteiger partial charge < -0.3 is 10.1 Å². The van der Waals surface area contributed by atoms with Crippen molar-refractivity contribution in [2.75, 3.05) is 5.32 Å². The molecule has 0 bridgehead atoms. The molecule has 0 amide bonds. The van der Waals surface area contributed by atoms with Crippen molar-refractivity contribution in [1.29, 1.82) is 0 Å². The molecule has 0 aliphatic rings. The molecular weight excluding hydrogens is 386 g/mol. The average Bonchev–Trinajstić information content (AvgIpc) is 2.34. The molecule has 0 unspecified atom stereocenters. The summed E-state index contributed by atoms with van der Waals surface area (Å²) < 4.78 is 29.9. The molecule has 1 heterocycles. The van der Waals surface area contributed by atoms with Crippen LogP contribution in [0.3, 0.4) is 0 Å². The number of hydrogen-bond acceptors (Lipinski definition) is 3. The first-order valence-corrected chi connectivity index (χ1v) is 6.76. The second kappa shape index (κ2) is 6.29. The number of pyridine rings is 1. The summed E-state index contributed by atoms with van der Waals surface area (Å²) >= 11 is 6.68. The molecule has 1 aromatic heterocycles. The van der Waals surface area contributed by atoms with Crippen molar-refractivity contribution in [1.82, 2.24) is 4.98 Å². The van der Waals surface area contributed by atoms with Gasteiger partial charge in [-0.1, -0.05) is 0 Å². The number of nitrogens with zero attached hydrogens (tertiary/aromatic N) is 1. The Morgan fingerprint density at radius 2 is 1.84 bits per heavy atom. The predicted octanol–water partition coefficient (Wildman–Crippen LogP) is 4.95. The number of ether oxygens (including phenoxy) is 1. The first-order chi connectivity index (χ1) is 9.04. The molecule has 0 aliphatic carbocycles. The maximum Gasteiger partial charge on any atom is 0.387 e. The zero-order valence-electron chi connectivity index (χ0n) is 9.41. The van der Waals surface area contributed by atoms with Gasteiger partial charge in [-0.25, -0.2) is 4.98 Å². The summed E-state index contributed by atoms with van der Waals surface area (Å²) in [4.78, 5) is 4.19. The van der Waals surface area contributed by atoms with Crippen molar-refractivity contribution in [3.63, 3.8) is 0 Å². The molecule has 19 heavy (non-hydrogen) atoms. The summed E-state index contributed by atoms with van der Waals surface area (Å²) in [5, 5.41) is 3.06. The third-order valence-electron chi connectivity index (χ3n) is 2.15. The van der Waals surface area contributed by atoms with Crippen molar-refractivity contribution >= 4 is 43.4 Å². The van der Waals surface area contributed by atoms with E-state index in [1.54, 1.807) is 18.3 Å². The van der Waals surface area contributed by atoms with Gasteiger partial charge in [0.1, 0.15) is 11.6 Å². The van der Waals surface area contributed by atoms with Crippen LogP contribution in [-0.2, 0) is 0 Å². The Labute approximate surface area is 125 Å². The topological polar surface area (TPSA) is 34.1 Å². The second-order valence-corrected chi connectivity index (χ2v) is 5.28. The van der Waals surface area contributed by atoms with Gasteiger partial charge in [0.2, 0.25) is 0 Å². The number of alkyl halides is 2. The van der Waals surface area contributed by atoms with E-state index in [0.29, 0.717) is 5.82 Å². The Morgan fingerprint density at radius 1 is 1.16 bits per heavy atom. The molecule has 0 aliphatic heterocycles. The molecular formula is C12H8Br2F2N2O. The monoisotopic (exact) mass is 392 g/mol. The average molecular weight is 394 g/mol. The lowest BCUT2D eigenvalue weighted by molar-refractivity contribution is -0.0498. The summed E-state index contributed by atoms with van der Waals surface area (Å²) in [5.41, 5.74) is 0.720. The van der Waals surface area contributed by atoms with E-state index in [9.17, 15) is 8.78 Å². The molecule has 1 N–H and O–H groups in total. The lowest BCUT2D eigenvalue weighted by atomic mass is 10.3. The normalized spacial score (nSPS) is 10.6. The fourth-order valence-electron chi connectivity index (χ4n) is 1.36. The van der Waals surface area contributed by atoms with Crippen molar-refractivity contribution < 1.29 is 13.5 Å². The molecule has 0 saturated heterocycles. The second-order valence-electron chi connectivity index (χ2n) is 3.51. The molecule has 3 nitrogen and oxygen atoms in total. The number of hydrogen-bond donors (Lipinski definition) is 1. The predicted molar refractivity (Wildman–Crippen MR) is 76.0 cm³/mol. The van der Waals surface area contributed by atoms with Crippen LogP contribution in [0.15, 0.2) is 45.5 Å². The van der Waals surface area contributed by atoms with Gasteiger partial charge in [0.25, 0.3) is 0 Å². The van der Waals surface area contributed by atoms with Crippen LogP contribution in [0.5, 0.6) is 5.75 Å². The van der Waals surface area contributed by atoms with E-state index in [4.69, 9.17) is 0 Å². The van der Waals surface area contributed by atoms with Crippen molar-refractivity contribution in [3.05, 3.63) is 45.5 Å². The molecule has 0 atom stereocenters. The van der Waals surface area contributed by atoms with Crippen LogP contribution >= 0.6 is 31.9 Å². The van der Waals surface area contributed by atoms with Gasteiger partial charge in [-0.3, -0.25) is 0 Å². The van der Waals surface area contributed by atoms with Gasteiger partial charge in [-0.15, -0.1) is 0 Å². The van der Waals surface area contributed by atoms with Crippen LogP contribution in [0.1, 0.15) is 0 Å². The largest absolute Gasteiger partial charge is 0.435 e. The SMILES string of the molecule is FC(F)Oc1ccc(Nc2ncc(Br)cc2Br)cc1. The van der Waals surface area contributed by atoms with Crippen LogP contribution in [0.25, 0.3) is 0 Å². The fraction of sp³-hybridized carbons (Fsp3) is 0.0833. The van der Waals surface area contributed by atoms with E-state index in [0.717, 1.165) is 14.6 Å². The summed E-state index contributed by atoms with van der Waals surface area (Å²) in [7, 11) is 0. The van der Waals surface area contributed by atoms with E-state index in [1.807, 2.05) is 6.07 Å². The Morgan fingerprint density at radius 3 is 2.42 bits per heavy atom. The maximum atomic E-state index is 12.0. The number of aromatic nitrogens is 1. The summed E-state index contributed by atoms with van der Waals surface area (Å²) in [5.74, 6) is 0.745. The summed E-state index contributed by atoms with van der Waals surface area (Å²) in [6.07, 6.45) is 1.65. The lowest BCUT2D eigenvalue weighted by Crippen LogP contribution is -2.01. The van der Waals surface area contributed by atoms with Crippen molar-refractivity contribution in [2.24, 2.45) is 0 Å². The minimum absolute atomic E-state index is 0.114. The van der Waals surface area contributed by atoms with Crippen LogP contribution in [0.4, 0.5) is 20.3 Å². The third kappa shape index (κ3) is 4.14. The lowest BCUT2D eigenvalue weighted by Gasteiger charge is -2.09. The molecule has 1 aromatic carbocycles. The number of benzene rings is 1. The highest BCUT2D eigenvalue weighted by Gasteiger charge is 2.05. The molecule has 0 fully saturated rings. The third-order valence-corrected chi connectivity index (χ3v) is 3.19. The Balaban J connectivity index is 2.10. The Bertz CT molecular complexity index is 564. The number of rotatable bonds is 4. The van der Waals surface area contributed by atoms with Gasteiger partial charge in [-0.05, 0) is 62.2 Å². The number of anilines is 2. The van der Waals surface area contributed by atoms with Crippen molar-refractivity contribution in [2.45, 2.75) is 6.61 Å². The highest BCUT2D eigenvalue weighted by Crippen LogP contribution is 2.27. The van der Waals surface area contributed by atoms with Crippen molar-refractivity contribution in [3.8, 4) is 5.75 Å². The molecule has 100 valence electrons. The molecule has 2 rings (SSSR count). The van der Waals surface area contributed by atoms with E-state index in [2.05, 4.69) is 46.9 Å². The van der Waals surface area contributed by atoms with Gasteiger partial charge in [0, 0.05) is 16.4 Å². The highest BCUT2D eigenvalue weighted by molar-refractivity contribution is 9.11. The highest BCUT2D eigenvalue weighted by atomic mass is 79.9. The Hall–Kier alpha value is -1.21. The van der Waals surface area contributed by atoms with E-state index in [1.165, 1.54) is 12.1 Å². The van der Waals surface area contributed by atoms with E-state index in [-0.39, 0.29) is 5.75 Å². The molecule has 0 radical (unpaired) electrons. The van der Waals surface area contributed by atoms with Crippen LogP contribution in [0.2, 0.25) is 0 Å². The number of nitrogens with one attached hydrogen (secondary N) is 1. The van der Waals surface area contributed by atoms with Gasteiger partial charge >= 0.3 is 6.61 Å². The minimum atomic E-state index is -2.82. The smallest absolute Gasteiger partial charge is 0.387 e. The van der Waals surface area contributed by atoms with Gasteiger partial charge in [0.05, 0.1) is 4.47 Å². The van der Waals surface area contributed by atoms with Crippen LogP contribution < -0.4 is 10.1 Å². The van der Waals surface area contributed by atoms with Crippen LogP contribution in [-0.4, -0.2) is 11.6 Å². The number of halogens is 4. The maximum absolute atomic E-state index is 12.0. The molecule has 0 spiro atoms. The molecule has 7 heteroatoms. The molecule has 2 aromatic rings. The Kier molecular flexibility index (Phi) is 4.71. The zero-order valence-corrected chi connectivity index (χ0v) is 12.6. The summed E-state index contributed by atoms with van der Waals surface area (Å²) in [6.45, 7) is -2.82. The zero-order chi connectivity index (χ0) is 13.8. The summed E-state index contributed by atoms with van der Waals surface area (Å²) in [6, 6.07) is 8.04. The quantitative estimate of drug-likeness (QED) is 0.797. The van der Waals surface area contributed by atoms with Gasteiger partial charge in [0.15, 0.2) is 0 Å². The van der Waals surface area contributed by atoms with E-state index < -0.39 is 6.61 Å². The first kappa shape index (κ1) is 14.2. The standard InChI is InChI=1S/C12H8Br2F2N2O/c13-7-5-10(14)11(17-6-7)18-8-1-3-9(4-2-8)19-12(15)16/h1-6,12H,(H,17,18). The van der Waals surface area contributed by atoms with Crippen LogP contribution in [0, 0.1) is 0 Å². The minimum Gasteiger partial charge on any atom is -0.435 e. The fourth-order valence-corrected chi connectivity index (χ4v) is 2.45. The first-order valence-electron chi connectivity index (χ1n) is 5.17. The van der Waals surface area contributed by atoms with Gasteiger partial charge in [-0.2, -0.15) is 8.78 Å². The van der Waals surface area contributed by atoms with E-state index >= 15 is 0 Å².